The summed E-state index contributed by atoms with van der Waals surface area (Å²) in [7, 11) is -4.23. The first-order chi connectivity index (χ1) is 14.4. The lowest BCUT2D eigenvalue weighted by atomic mass is 10.1. The Morgan fingerprint density at radius 2 is 1.73 bits per heavy atom. The zero-order valence-corrected chi connectivity index (χ0v) is 17.5. The third-order valence-corrected chi connectivity index (χ3v) is 6.41. The van der Waals surface area contributed by atoms with E-state index in [1.807, 2.05) is 42.5 Å². The fraction of sp³-hybridized carbons (Fsp3) is 0. The van der Waals surface area contributed by atoms with Gasteiger partial charge in [0.2, 0.25) is 5.13 Å². The molecule has 0 fully saturated rings. The molecule has 4 aromatic rings. The van der Waals surface area contributed by atoms with Crippen LogP contribution in [0.1, 0.15) is 0 Å². The van der Waals surface area contributed by atoms with Gasteiger partial charge in [-0.05, 0) is 17.7 Å². The molecular formula is C20H13ClFN3O3S2. The van der Waals surface area contributed by atoms with E-state index in [4.69, 9.17) is 16.3 Å². The van der Waals surface area contributed by atoms with Gasteiger partial charge < -0.3 is 4.74 Å². The number of rotatable bonds is 6. The van der Waals surface area contributed by atoms with Gasteiger partial charge in [0, 0.05) is 23.2 Å². The fourth-order valence-corrected chi connectivity index (χ4v) is 4.73. The van der Waals surface area contributed by atoms with E-state index in [-0.39, 0.29) is 15.9 Å². The molecule has 0 amide bonds. The summed E-state index contributed by atoms with van der Waals surface area (Å²) in [5.41, 5.74) is 1.69. The van der Waals surface area contributed by atoms with Gasteiger partial charge in [0.05, 0.1) is 5.02 Å². The third-order valence-electron chi connectivity index (χ3n) is 4.05. The molecule has 1 aromatic heterocycles. The normalized spacial score (nSPS) is 11.3. The van der Waals surface area contributed by atoms with E-state index in [2.05, 4.69) is 14.1 Å². The molecule has 0 spiro atoms. The van der Waals surface area contributed by atoms with Gasteiger partial charge in [0.25, 0.3) is 10.0 Å². The number of benzene rings is 3. The minimum absolute atomic E-state index is 0.00702. The number of sulfonamides is 1. The molecule has 3 aromatic carbocycles. The van der Waals surface area contributed by atoms with Gasteiger partial charge in [-0.1, -0.05) is 60.1 Å². The van der Waals surface area contributed by atoms with E-state index in [1.54, 1.807) is 12.1 Å². The number of anilines is 1. The van der Waals surface area contributed by atoms with Crippen LogP contribution in [0.2, 0.25) is 5.02 Å². The topological polar surface area (TPSA) is 81.2 Å². The first-order valence-corrected chi connectivity index (χ1v) is 11.2. The van der Waals surface area contributed by atoms with E-state index in [0.717, 1.165) is 34.8 Å². The highest BCUT2D eigenvalue weighted by Crippen LogP contribution is 2.38. The number of hydrogen-bond donors (Lipinski definition) is 1. The Morgan fingerprint density at radius 3 is 2.47 bits per heavy atom. The van der Waals surface area contributed by atoms with Crippen molar-refractivity contribution in [1.82, 2.24) is 9.36 Å². The molecule has 1 N–H and O–H groups in total. The van der Waals surface area contributed by atoms with Gasteiger partial charge in [0.1, 0.15) is 28.5 Å². The van der Waals surface area contributed by atoms with Gasteiger partial charge in [0.15, 0.2) is 0 Å². The van der Waals surface area contributed by atoms with Crippen LogP contribution in [0.5, 0.6) is 11.5 Å². The molecule has 152 valence electrons. The van der Waals surface area contributed by atoms with Crippen molar-refractivity contribution in [2.45, 2.75) is 4.90 Å². The largest absolute Gasteiger partial charge is 0.455 e. The van der Waals surface area contributed by atoms with Crippen molar-refractivity contribution in [2.75, 3.05) is 4.72 Å². The molecule has 0 unspecified atom stereocenters. The monoisotopic (exact) mass is 461 g/mol. The lowest BCUT2D eigenvalue weighted by Crippen LogP contribution is -2.14. The highest BCUT2D eigenvalue weighted by Gasteiger charge is 2.23. The Labute approximate surface area is 181 Å². The number of nitrogens with zero attached hydrogens (tertiary/aromatic N) is 2. The van der Waals surface area contributed by atoms with E-state index < -0.39 is 20.7 Å². The number of hydrogen-bond acceptors (Lipinski definition) is 6. The maximum atomic E-state index is 14.7. The second-order valence-electron chi connectivity index (χ2n) is 6.03. The quantitative estimate of drug-likeness (QED) is 0.404. The van der Waals surface area contributed by atoms with Crippen molar-refractivity contribution in [3.63, 3.8) is 0 Å². The molecule has 0 radical (unpaired) electrons. The van der Waals surface area contributed by atoms with E-state index in [0.29, 0.717) is 5.75 Å². The number of para-hydroxylation sites is 1. The van der Waals surface area contributed by atoms with Crippen molar-refractivity contribution < 1.29 is 17.5 Å². The summed E-state index contributed by atoms with van der Waals surface area (Å²) in [6.45, 7) is 0. The minimum Gasteiger partial charge on any atom is -0.455 e. The highest BCUT2D eigenvalue weighted by molar-refractivity contribution is 7.93. The molecule has 10 heteroatoms. The third kappa shape index (κ3) is 4.28. The molecule has 0 saturated carbocycles. The van der Waals surface area contributed by atoms with Gasteiger partial charge in [-0.3, -0.25) is 4.72 Å². The number of aromatic nitrogens is 2. The summed E-state index contributed by atoms with van der Waals surface area (Å²) in [6.07, 6.45) is 1.19. The predicted molar refractivity (Wildman–Crippen MR) is 114 cm³/mol. The summed E-state index contributed by atoms with van der Waals surface area (Å²) in [6, 6.07) is 18.7. The molecular weight excluding hydrogens is 449 g/mol. The Hall–Kier alpha value is -3.01. The molecule has 0 aliphatic carbocycles. The van der Waals surface area contributed by atoms with Crippen LogP contribution >= 0.6 is 23.1 Å². The second-order valence-corrected chi connectivity index (χ2v) is 8.87. The molecule has 0 bridgehead atoms. The number of halogens is 2. The number of ether oxygens (including phenoxy) is 1. The van der Waals surface area contributed by atoms with E-state index in [9.17, 15) is 12.8 Å². The van der Waals surface area contributed by atoms with Gasteiger partial charge in [-0.15, -0.1) is 0 Å². The second kappa shape index (κ2) is 8.39. The molecule has 0 atom stereocenters. The smallest absolute Gasteiger partial charge is 0.266 e. The van der Waals surface area contributed by atoms with Crippen LogP contribution in [0.25, 0.3) is 11.1 Å². The summed E-state index contributed by atoms with van der Waals surface area (Å²) >= 11 is 7.06. The highest BCUT2D eigenvalue weighted by atomic mass is 35.5. The van der Waals surface area contributed by atoms with Crippen molar-refractivity contribution in [1.29, 1.82) is 0 Å². The molecule has 6 nitrogen and oxygen atoms in total. The lowest BCUT2D eigenvalue weighted by Gasteiger charge is -2.14. The van der Waals surface area contributed by atoms with Crippen LogP contribution in [-0.2, 0) is 10.0 Å². The first-order valence-electron chi connectivity index (χ1n) is 8.55. The van der Waals surface area contributed by atoms with Crippen LogP contribution in [-0.4, -0.2) is 17.8 Å². The molecule has 1 heterocycles. The molecule has 30 heavy (non-hydrogen) atoms. The standard InChI is InChI=1S/C20H13ClFN3O3S2/c21-15-10-19(30(26,27)25-20-23-12-24-29-20)16(22)11-18(15)28-17-9-5-4-8-14(17)13-6-2-1-3-7-13/h1-12H,(H,23,24,25). The first kappa shape index (κ1) is 20.3. The Kier molecular flexibility index (Phi) is 5.67. The van der Waals surface area contributed by atoms with Crippen molar-refractivity contribution in [2.24, 2.45) is 0 Å². The van der Waals surface area contributed by atoms with Crippen LogP contribution in [0.4, 0.5) is 9.52 Å². The Morgan fingerprint density at radius 1 is 1.00 bits per heavy atom. The van der Waals surface area contributed by atoms with Crippen LogP contribution in [0.15, 0.2) is 78.0 Å². The van der Waals surface area contributed by atoms with Gasteiger partial charge in [-0.2, -0.15) is 4.37 Å². The van der Waals surface area contributed by atoms with Crippen LogP contribution in [0.3, 0.4) is 0 Å². The number of nitrogens with one attached hydrogen (secondary N) is 1. The van der Waals surface area contributed by atoms with Crippen LogP contribution < -0.4 is 9.46 Å². The molecule has 0 aliphatic heterocycles. The minimum atomic E-state index is -4.23. The predicted octanol–water partition coefficient (Wildman–Crippen LogP) is 5.59. The molecule has 4 rings (SSSR count). The van der Waals surface area contributed by atoms with Crippen molar-refractivity contribution in [3.05, 3.63) is 83.9 Å². The van der Waals surface area contributed by atoms with E-state index >= 15 is 0 Å². The maximum absolute atomic E-state index is 14.7. The Bertz CT molecular complexity index is 1280. The van der Waals surface area contributed by atoms with Crippen molar-refractivity contribution >= 4 is 38.3 Å². The fourth-order valence-electron chi connectivity index (χ4n) is 2.71. The average molecular weight is 462 g/mol. The molecule has 0 saturated heterocycles. The zero-order chi connectivity index (χ0) is 21.1. The van der Waals surface area contributed by atoms with E-state index in [1.165, 1.54) is 6.33 Å². The summed E-state index contributed by atoms with van der Waals surface area (Å²) in [5.74, 6) is -0.566. The molecule has 0 aliphatic rings. The van der Waals surface area contributed by atoms with Gasteiger partial charge >= 0.3 is 0 Å². The van der Waals surface area contributed by atoms with Crippen LogP contribution in [0, 0.1) is 5.82 Å². The summed E-state index contributed by atoms with van der Waals surface area (Å²) < 4.78 is 51.3. The zero-order valence-electron chi connectivity index (χ0n) is 15.1. The SMILES string of the molecule is O=S(=O)(Nc1ncns1)c1cc(Cl)c(Oc2ccccc2-c2ccccc2)cc1F. The average Bonchev–Trinajstić information content (AvgIpc) is 3.23. The van der Waals surface area contributed by atoms with Crippen molar-refractivity contribution in [3.8, 4) is 22.6 Å². The Balaban J connectivity index is 1.67. The van der Waals surface area contributed by atoms with Gasteiger partial charge in [-0.25, -0.2) is 17.8 Å². The summed E-state index contributed by atoms with van der Waals surface area (Å²) in [4.78, 5) is 3.11. The lowest BCUT2D eigenvalue weighted by molar-refractivity contribution is 0.475. The maximum Gasteiger partial charge on any atom is 0.266 e. The summed E-state index contributed by atoms with van der Waals surface area (Å²) in [5, 5.41) is -0.0421.